The van der Waals surface area contributed by atoms with Crippen LogP contribution in [0.5, 0.6) is 23.0 Å². The van der Waals surface area contributed by atoms with E-state index in [0.717, 1.165) is 11.1 Å². The van der Waals surface area contributed by atoms with Gasteiger partial charge in [-0.2, -0.15) is 4.98 Å². The number of nitrogens with zero attached hydrogens (tertiary/aromatic N) is 3. The maximum atomic E-state index is 13.2. The van der Waals surface area contributed by atoms with Gasteiger partial charge >= 0.3 is 0 Å². The van der Waals surface area contributed by atoms with Crippen molar-refractivity contribution < 1.29 is 37.8 Å². The number of aromatic nitrogens is 2. The smallest absolute Gasteiger partial charge is 0.258 e. The van der Waals surface area contributed by atoms with Gasteiger partial charge < -0.3 is 38.8 Å². The molecule has 43 heavy (non-hydrogen) atoms. The summed E-state index contributed by atoms with van der Waals surface area (Å²) in [5.74, 6) is 2.67. The van der Waals surface area contributed by atoms with Crippen LogP contribution in [0.2, 0.25) is 0 Å². The number of piperidine rings is 1. The second-order valence-electron chi connectivity index (χ2n) is 10.4. The first-order valence-corrected chi connectivity index (χ1v) is 14.2. The SMILES string of the molecule is COCc1noc(CN2CC[C@@H]3Oc4ccc(c(OC)c4)CNC(=O)CCc4ccc(OC)c(c4)OCC(=O)N[C@@H]3C2)n1. The van der Waals surface area contributed by atoms with Crippen LogP contribution in [0.15, 0.2) is 40.9 Å². The number of carbonyl (C=O) groups is 2. The summed E-state index contributed by atoms with van der Waals surface area (Å²) in [6.45, 7) is 1.94. The number of likely N-dealkylation sites (tertiary alicyclic amines) is 1. The Labute approximate surface area is 249 Å². The van der Waals surface area contributed by atoms with Gasteiger partial charge in [-0.05, 0) is 42.7 Å². The summed E-state index contributed by atoms with van der Waals surface area (Å²) in [6, 6.07) is 10.6. The van der Waals surface area contributed by atoms with Crippen molar-refractivity contribution in [1.29, 1.82) is 0 Å². The number of methoxy groups -OCH3 is 3. The highest BCUT2D eigenvalue weighted by Gasteiger charge is 2.33. The summed E-state index contributed by atoms with van der Waals surface area (Å²) in [4.78, 5) is 32.3. The molecule has 3 aromatic rings. The second kappa shape index (κ2) is 14.2. The van der Waals surface area contributed by atoms with Gasteiger partial charge in [0.1, 0.15) is 24.2 Å². The number of hydrogen-bond donors (Lipinski definition) is 2. The lowest BCUT2D eigenvalue weighted by atomic mass is 10.0. The molecule has 230 valence electrons. The molecule has 4 bridgehead atoms. The van der Waals surface area contributed by atoms with E-state index in [4.69, 9.17) is 28.2 Å². The minimum atomic E-state index is -0.369. The van der Waals surface area contributed by atoms with Gasteiger partial charge in [-0.15, -0.1) is 0 Å². The quantitative estimate of drug-likeness (QED) is 0.431. The summed E-state index contributed by atoms with van der Waals surface area (Å²) >= 11 is 0. The number of benzene rings is 2. The van der Waals surface area contributed by atoms with E-state index in [-0.39, 0.29) is 43.6 Å². The number of carbonyl (C=O) groups excluding carboxylic acids is 2. The van der Waals surface area contributed by atoms with Crippen molar-refractivity contribution in [3.8, 4) is 23.0 Å². The van der Waals surface area contributed by atoms with E-state index < -0.39 is 0 Å². The maximum Gasteiger partial charge on any atom is 0.258 e. The molecule has 2 N–H and O–H groups in total. The highest BCUT2D eigenvalue weighted by Crippen LogP contribution is 2.30. The zero-order valence-corrected chi connectivity index (χ0v) is 24.6. The molecule has 0 spiro atoms. The average Bonchev–Trinajstić information content (AvgIpc) is 3.45. The Bertz CT molecular complexity index is 1410. The largest absolute Gasteiger partial charge is 0.496 e. The van der Waals surface area contributed by atoms with Crippen LogP contribution < -0.4 is 29.6 Å². The first kappa shape index (κ1) is 30.1. The first-order chi connectivity index (χ1) is 20.9. The van der Waals surface area contributed by atoms with Crippen LogP contribution in [0.1, 0.15) is 35.7 Å². The van der Waals surface area contributed by atoms with Gasteiger partial charge in [0.25, 0.3) is 5.91 Å². The molecule has 3 aliphatic rings. The second-order valence-corrected chi connectivity index (χ2v) is 10.4. The molecule has 3 aliphatic heterocycles. The third-order valence-corrected chi connectivity index (χ3v) is 7.37. The Kier molecular flexibility index (Phi) is 9.95. The molecule has 0 radical (unpaired) electrons. The minimum Gasteiger partial charge on any atom is -0.496 e. The van der Waals surface area contributed by atoms with Gasteiger partial charge in [0.05, 0.1) is 26.8 Å². The fraction of sp³-hybridized carbons (Fsp3) is 0.467. The lowest BCUT2D eigenvalue weighted by molar-refractivity contribution is -0.125. The van der Waals surface area contributed by atoms with Gasteiger partial charge in [0.2, 0.25) is 11.8 Å². The van der Waals surface area contributed by atoms with Crippen LogP contribution in [0.25, 0.3) is 0 Å². The monoisotopic (exact) mass is 595 g/mol. The first-order valence-electron chi connectivity index (χ1n) is 14.2. The van der Waals surface area contributed by atoms with Crippen LogP contribution in [-0.2, 0) is 40.4 Å². The Morgan fingerprint density at radius 2 is 1.88 bits per heavy atom. The summed E-state index contributed by atoms with van der Waals surface area (Å²) in [6.07, 6.45) is 1.07. The Morgan fingerprint density at radius 1 is 1.02 bits per heavy atom. The molecule has 1 saturated heterocycles. The van der Waals surface area contributed by atoms with Crippen LogP contribution >= 0.6 is 0 Å². The van der Waals surface area contributed by atoms with E-state index in [1.807, 2.05) is 18.2 Å². The molecular weight excluding hydrogens is 558 g/mol. The molecule has 0 saturated carbocycles. The van der Waals surface area contributed by atoms with Crippen LogP contribution in [0.3, 0.4) is 0 Å². The zero-order chi connectivity index (χ0) is 30.2. The summed E-state index contributed by atoms with van der Waals surface area (Å²) < 4.78 is 33.8. The molecule has 13 heteroatoms. The molecule has 4 heterocycles. The van der Waals surface area contributed by atoms with E-state index in [9.17, 15) is 9.59 Å². The topological polar surface area (TPSA) is 147 Å². The number of ether oxygens (including phenoxy) is 5. The standard InChI is InChI=1S/C30H37N5O8/c1-38-17-27-33-30(43-34-27)16-35-11-10-23-22(15-35)32-29(37)18-41-26-12-19(4-8-24(26)39-2)5-9-28(36)31-14-20-6-7-21(42-23)13-25(20)40-3/h4,6-8,12-13,22-23H,5,9-11,14-18H2,1-3H3,(H,31,36)(H,32,37)/t22-,23+/m1/s1. The fourth-order valence-corrected chi connectivity index (χ4v) is 5.19. The van der Waals surface area contributed by atoms with Gasteiger partial charge in [0.15, 0.2) is 23.9 Å². The van der Waals surface area contributed by atoms with Gasteiger partial charge in [-0.1, -0.05) is 11.2 Å². The molecule has 1 fully saturated rings. The van der Waals surface area contributed by atoms with E-state index in [1.54, 1.807) is 32.4 Å². The highest BCUT2D eigenvalue weighted by atomic mass is 16.5. The number of aryl methyl sites for hydroxylation is 1. The molecule has 1 aromatic heterocycles. The molecule has 2 amide bonds. The lowest BCUT2D eigenvalue weighted by Crippen LogP contribution is -2.57. The van der Waals surface area contributed by atoms with E-state index >= 15 is 0 Å². The van der Waals surface area contributed by atoms with Crippen molar-refractivity contribution in [2.24, 2.45) is 0 Å². The highest BCUT2D eigenvalue weighted by molar-refractivity contribution is 5.78. The zero-order valence-electron chi connectivity index (χ0n) is 24.6. The predicted octanol–water partition coefficient (Wildman–Crippen LogP) is 2.01. The van der Waals surface area contributed by atoms with Crippen molar-refractivity contribution in [2.75, 3.05) is 41.0 Å². The molecule has 2 aromatic carbocycles. The number of amides is 2. The van der Waals surface area contributed by atoms with E-state index in [1.165, 1.54) is 7.11 Å². The van der Waals surface area contributed by atoms with Crippen molar-refractivity contribution in [1.82, 2.24) is 25.7 Å². The molecule has 0 aliphatic carbocycles. The summed E-state index contributed by atoms with van der Waals surface area (Å²) in [5, 5.41) is 10.0. The van der Waals surface area contributed by atoms with Crippen molar-refractivity contribution in [2.45, 2.75) is 51.1 Å². The Balaban J connectivity index is 1.38. The normalized spacial score (nSPS) is 19.9. The fourth-order valence-electron chi connectivity index (χ4n) is 5.19. The number of rotatable bonds is 6. The Hall–Kier alpha value is -4.36. The van der Waals surface area contributed by atoms with E-state index in [0.29, 0.717) is 73.7 Å². The molecule has 6 rings (SSSR count). The summed E-state index contributed by atoms with van der Waals surface area (Å²) in [7, 11) is 4.69. The number of hydrogen-bond acceptors (Lipinski definition) is 11. The van der Waals surface area contributed by atoms with Crippen molar-refractivity contribution >= 4 is 11.8 Å². The van der Waals surface area contributed by atoms with Gasteiger partial charge in [0, 0.05) is 44.8 Å². The molecular formula is C30H37N5O8. The van der Waals surface area contributed by atoms with Crippen LogP contribution in [-0.4, -0.2) is 80.0 Å². The predicted molar refractivity (Wildman–Crippen MR) is 153 cm³/mol. The van der Waals surface area contributed by atoms with Crippen molar-refractivity contribution in [3.63, 3.8) is 0 Å². The molecule has 2 atom stereocenters. The van der Waals surface area contributed by atoms with E-state index in [2.05, 4.69) is 25.7 Å². The van der Waals surface area contributed by atoms with Crippen molar-refractivity contribution in [3.05, 3.63) is 59.2 Å². The number of fused-ring (bicyclic) bond motifs is 9. The lowest BCUT2D eigenvalue weighted by Gasteiger charge is -2.38. The maximum absolute atomic E-state index is 13.2. The Morgan fingerprint density at radius 3 is 2.70 bits per heavy atom. The van der Waals surface area contributed by atoms with Crippen LogP contribution in [0.4, 0.5) is 0 Å². The molecule has 13 nitrogen and oxygen atoms in total. The van der Waals surface area contributed by atoms with Gasteiger partial charge in [-0.25, -0.2) is 0 Å². The van der Waals surface area contributed by atoms with Gasteiger partial charge in [-0.3, -0.25) is 14.5 Å². The molecule has 0 unspecified atom stereocenters. The average molecular weight is 596 g/mol. The minimum absolute atomic E-state index is 0.0944. The third-order valence-electron chi connectivity index (χ3n) is 7.37. The van der Waals surface area contributed by atoms with Crippen LogP contribution in [0, 0.1) is 0 Å². The summed E-state index contributed by atoms with van der Waals surface area (Å²) in [5.41, 5.74) is 1.71. The number of nitrogens with one attached hydrogen (secondary N) is 2. The third kappa shape index (κ3) is 7.93.